The van der Waals surface area contributed by atoms with Crippen molar-refractivity contribution in [3.8, 4) is 0 Å². The van der Waals surface area contributed by atoms with Gasteiger partial charge in [0.15, 0.2) is 5.11 Å². The predicted molar refractivity (Wildman–Crippen MR) is 85.6 cm³/mol. The summed E-state index contributed by atoms with van der Waals surface area (Å²) in [4.78, 5) is 11.9. The number of allylic oxidation sites excluding steroid dienone is 1. The van der Waals surface area contributed by atoms with Gasteiger partial charge in [-0.05, 0) is 68.6 Å². The number of carbonyl (C=O) groups excluding carboxylic acids is 1. The second-order valence-electron chi connectivity index (χ2n) is 5.08. The van der Waals surface area contributed by atoms with Gasteiger partial charge in [-0.25, -0.2) is 4.39 Å². The fourth-order valence-electron chi connectivity index (χ4n) is 2.29. The predicted octanol–water partition coefficient (Wildman–Crippen LogP) is 3.32. The van der Waals surface area contributed by atoms with E-state index in [0.29, 0.717) is 17.2 Å². The molecule has 112 valence electrons. The molecule has 0 saturated heterocycles. The van der Waals surface area contributed by atoms with Crippen molar-refractivity contribution in [2.45, 2.75) is 32.1 Å². The third kappa shape index (κ3) is 5.27. The molecule has 0 radical (unpaired) electrons. The molecule has 0 atom stereocenters. The lowest BCUT2D eigenvalue weighted by atomic mass is 9.97. The molecule has 0 heterocycles. The van der Waals surface area contributed by atoms with E-state index in [1.54, 1.807) is 0 Å². The Morgan fingerprint density at radius 2 is 2.00 bits per heavy atom. The quantitative estimate of drug-likeness (QED) is 0.662. The summed E-state index contributed by atoms with van der Waals surface area (Å²) in [6.07, 6.45) is 8.12. The van der Waals surface area contributed by atoms with Gasteiger partial charge in [0.25, 0.3) is 5.91 Å². The largest absolute Gasteiger partial charge is 0.362 e. The summed E-state index contributed by atoms with van der Waals surface area (Å²) in [6, 6.07) is 5.36. The molecule has 2 rings (SSSR count). The molecular weight excluding hydrogens is 287 g/mol. The van der Waals surface area contributed by atoms with Crippen LogP contribution in [0.15, 0.2) is 35.9 Å². The monoisotopic (exact) mass is 306 g/mol. The van der Waals surface area contributed by atoms with Gasteiger partial charge in [-0.3, -0.25) is 10.1 Å². The van der Waals surface area contributed by atoms with E-state index >= 15 is 0 Å². The minimum Gasteiger partial charge on any atom is -0.362 e. The summed E-state index contributed by atoms with van der Waals surface area (Å²) in [5.74, 6) is -0.697. The number of rotatable bonds is 4. The lowest BCUT2D eigenvalue weighted by Gasteiger charge is -2.14. The van der Waals surface area contributed by atoms with Crippen molar-refractivity contribution >= 4 is 23.2 Å². The number of hydrogen-bond acceptors (Lipinski definition) is 2. The molecular formula is C16H19FN2OS. The van der Waals surface area contributed by atoms with Gasteiger partial charge in [0.2, 0.25) is 0 Å². The van der Waals surface area contributed by atoms with E-state index in [1.165, 1.54) is 49.1 Å². The zero-order valence-corrected chi connectivity index (χ0v) is 12.6. The maximum Gasteiger partial charge on any atom is 0.257 e. The van der Waals surface area contributed by atoms with E-state index in [4.69, 9.17) is 12.2 Å². The van der Waals surface area contributed by atoms with Gasteiger partial charge in [-0.1, -0.05) is 11.6 Å². The van der Waals surface area contributed by atoms with Crippen LogP contribution in [0.5, 0.6) is 0 Å². The second-order valence-corrected chi connectivity index (χ2v) is 5.48. The molecule has 0 unspecified atom stereocenters. The number of carbonyl (C=O) groups is 1. The first-order valence-electron chi connectivity index (χ1n) is 7.18. The molecule has 0 spiro atoms. The van der Waals surface area contributed by atoms with Gasteiger partial charge in [0.1, 0.15) is 5.82 Å². The molecule has 3 nitrogen and oxygen atoms in total. The van der Waals surface area contributed by atoms with Crippen molar-refractivity contribution in [1.82, 2.24) is 10.6 Å². The third-order valence-electron chi connectivity index (χ3n) is 3.45. The average Bonchev–Trinajstić information content (AvgIpc) is 2.49. The van der Waals surface area contributed by atoms with Gasteiger partial charge in [-0.2, -0.15) is 0 Å². The molecule has 0 fully saturated rings. The fourth-order valence-corrected chi connectivity index (χ4v) is 2.48. The number of thiocarbonyl (C=S) groups is 1. The highest BCUT2D eigenvalue weighted by Crippen LogP contribution is 2.19. The van der Waals surface area contributed by atoms with E-state index in [1.807, 2.05) is 0 Å². The maximum atomic E-state index is 12.8. The van der Waals surface area contributed by atoms with E-state index < -0.39 is 0 Å². The standard InChI is InChI=1S/C16H19FN2OS/c17-14-8-6-13(7-9-14)15(20)19-16(21)18-11-10-12-4-2-1-3-5-12/h4,6-9H,1-3,5,10-11H2,(H2,18,19,20,21). The number of hydrogen-bond donors (Lipinski definition) is 2. The molecule has 2 N–H and O–H groups in total. The Hall–Kier alpha value is -1.75. The fraction of sp³-hybridized carbons (Fsp3) is 0.375. The lowest BCUT2D eigenvalue weighted by molar-refractivity contribution is 0.0976. The topological polar surface area (TPSA) is 41.1 Å². The van der Waals surface area contributed by atoms with E-state index in [0.717, 1.165) is 12.8 Å². The molecule has 5 heteroatoms. The lowest BCUT2D eigenvalue weighted by Crippen LogP contribution is -2.39. The second kappa shape index (κ2) is 7.88. The van der Waals surface area contributed by atoms with Gasteiger partial charge in [0.05, 0.1) is 0 Å². The molecule has 1 aromatic carbocycles. The molecule has 0 aromatic heterocycles. The average molecular weight is 306 g/mol. The summed E-state index contributed by atoms with van der Waals surface area (Å²) < 4.78 is 12.8. The molecule has 1 aliphatic rings. The van der Waals surface area contributed by atoms with Crippen LogP contribution in [0.25, 0.3) is 0 Å². The number of benzene rings is 1. The summed E-state index contributed by atoms with van der Waals surface area (Å²) in [6.45, 7) is 0.717. The molecule has 1 aromatic rings. The van der Waals surface area contributed by atoms with Crippen LogP contribution < -0.4 is 10.6 Å². The summed E-state index contributed by atoms with van der Waals surface area (Å²) >= 11 is 5.09. The number of amides is 1. The Morgan fingerprint density at radius 3 is 2.67 bits per heavy atom. The van der Waals surface area contributed by atoms with Crippen molar-refractivity contribution in [1.29, 1.82) is 0 Å². The first kappa shape index (κ1) is 15.6. The normalized spacial score (nSPS) is 14.2. The van der Waals surface area contributed by atoms with Crippen LogP contribution in [0.2, 0.25) is 0 Å². The van der Waals surface area contributed by atoms with E-state index in [9.17, 15) is 9.18 Å². The van der Waals surface area contributed by atoms with Gasteiger partial charge < -0.3 is 5.32 Å². The Bertz CT molecular complexity index is 540. The van der Waals surface area contributed by atoms with Crippen LogP contribution >= 0.6 is 12.2 Å². The molecule has 21 heavy (non-hydrogen) atoms. The molecule has 0 aliphatic heterocycles. The Kier molecular flexibility index (Phi) is 5.87. The van der Waals surface area contributed by atoms with Crippen LogP contribution in [-0.2, 0) is 0 Å². The van der Waals surface area contributed by atoms with Crippen molar-refractivity contribution in [2.75, 3.05) is 6.54 Å². The number of nitrogens with one attached hydrogen (secondary N) is 2. The van der Waals surface area contributed by atoms with Gasteiger partial charge in [0, 0.05) is 12.1 Å². The minimum atomic E-state index is -0.368. The molecule has 1 aliphatic carbocycles. The highest BCUT2D eigenvalue weighted by Gasteiger charge is 2.08. The SMILES string of the molecule is O=C(NC(=S)NCCC1=CCCCC1)c1ccc(F)cc1. The number of halogens is 1. The van der Waals surface area contributed by atoms with Crippen molar-refractivity contribution in [3.05, 3.63) is 47.3 Å². The maximum absolute atomic E-state index is 12.8. The van der Waals surface area contributed by atoms with Gasteiger partial charge in [-0.15, -0.1) is 0 Å². The highest BCUT2D eigenvalue weighted by atomic mass is 32.1. The van der Waals surface area contributed by atoms with Gasteiger partial charge >= 0.3 is 0 Å². The van der Waals surface area contributed by atoms with E-state index in [-0.39, 0.29) is 11.7 Å². The van der Waals surface area contributed by atoms with Crippen LogP contribution in [0, 0.1) is 5.82 Å². The summed E-state index contributed by atoms with van der Waals surface area (Å²) in [5, 5.41) is 5.93. The Morgan fingerprint density at radius 1 is 1.24 bits per heavy atom. The van der Waals surface area contributed by atoms with Crippen LogP contribution in [0.1, 0.15) is 42.5 Å². The minimum absolute atomic E-state index is 0.306. The zero-order valence-electron chi connectivity index (χ0n) is 11.8. The van der Waals surface area contributed by atoms with Crippen molar-refractivity contribution in [3.63, 3.8) is 0 Å². The third-order valence-corrected chi connectivity index (χ3v) is 3.70. The van der Waals surface area contributed by atoms with Crippen molar-refractivity contribution in [2.24, 2.45) is 0 Å². The van der Waals surface area contributed by atoms with Crippen LogP contribution in [-0.4, -0.2) is 17.6 Å². The smallest absolute Gasteiger partial charge is 0.257 e. The van der Waals surface area contributed by atoms with Crippen LogP contribution in [0.3, 0.4) is 0 Å². The summed E-state index contributed by atoms with van der Waals surface area (Å²) in [5.41, 5.74) is 1.84. The Balaban J connectivity index is 1.72. The zero-order chi connectivity index (χ0) is 15.1. The van der Waals surface area contributed by atoms with Crippen molar-refractivity contribution < 1.29 is 9.18 Å². The summed E-state index contributed by atoms with van der Waals surface area (Å²) in [7, 11) is 0. The first-order valence-corrected chi connectivity index (χ1v) is 7.58. The molecule has 0 bridgehead atoms. The van der Waals surface area contributed by atoms with Crippen LogP contribution in [0.4, 0.5) is 4.39 Å². The highest BCUT2D eigenvalue weighted by molar-refractivity contribution is 7.80. The first-order chi connectivity index (χ1) is 10.1. The Labute approximate surface area is 129 Å². The molecule has 0 saturated carbocycles. The molecule has 1 amide bonds. The van der Waals surface area contributed by atoms with E-state index in [2.05, 4.69) is 16.7 Å².